The summed E-state index contributed by atoms with van der Waals surface area (Å²) in [6, 6.07) is 12.4. The molecule has 2 aliphatic rings. The lowest BCUT2D eigenvalue weighted by Crippen LogP contribution is -2.39. The van der Waals surface area contributed by atoms with Crippen molar-refractivity contribution in [2.75, 3.05) is 30.0 Å². The molecule has 1 saturated heterocycles. The van der Waals surface area contributed by atoms with Gasteiger partial charge in [-0.3, -0.25) is 4.79 Å². The summed E-state index contributed by atoms with van der Waals surface area (Å²) in [5.74, 6) is 1.29. The summed E-state index contributed by atoms with van der Waals surface area (Å²) >= 11 is 0. The van der Waals surface area contributed by atoms with Gasteiger partial charge in [-0.05, 0) is 36.8 Å². The molecule has 1 fully saturated rings. The lowest BCUT2D eigenvalue weighted by atomic mass is 10.2. The van der Waals surface area contributed by atoms with Crippen LogP contribution in [0.4, 0.5) is 16.2 Å². The van der Waals surface area contributed by atoms with E-state index in [0.717, 1.165) is 16.9 Å². The van der Waals surface area contributed by atoms with Crippen molar-refractivity contribution in [1.82, 2.24) is 5.32 Å². The SMILES string of the molecule is Cc1cccc(NC(=O)N[C@@H]2CC(=O)N(c3ccc4c(c3)OCCO4)C2)c1. The Morgan fingerprint density at radius 2 is 1.93 bits per heavy atom. The zero-order valence-corrected chi connectivity index (χ0v) is 15.0. The Balaban J connectivity index is 1.39. The monoisotopic (exact) mass is 367 g/mol. The molecule has 7 nitrogen and oxygen atoms in total. The maximum absolute atomic E-state index is 12.4. The fraction of sp³-hybridized carbons (Fsp3) is 0.300. The second-order valence-electron chi connectivity index (χ2n) is 6.70. The number of anilines is 2. The predicted octanol–water partition coefficient (Wildman–Crippen LogP) is 2.69. The van der Waals surface area contributed by atoms with E-state index >= 15 is 0 Å². The van der Waals surface area contributed by atoms with Gasteiger partial charge in [-0.25, -0.2) is 4.79 Å². The van der Waals surface area contributed by atoms with E-state index in [1.807, 2.05) is 49.4 Å². The van der Waals surface area contributed by atoms with Crippen molar-refractivity contribution in [1.29, 1.82) is 0 Å². The van der Waals surface area contributed by atoms with Crippen LogP contribution in [0.5, 0.6) is 11.5 Å². The lowest BCUT2D eigenvalue weighted by Gasteiger charge is -2.22. The Morgan fingerprint density at radius 1 is 1.11 bits per heavy atom. The number of fused-ring (bicyclic) bond motifs is 1. The first-order chi connectivity index (χ1) is 13.1. The minimum absolute atomic E-state index is 0.0347. The minimum atomic E-state index is -0.317. The van der Waals surface area contributed by atoms with Crippen LogP contribution in [0.2, 0.25) is 0 Å². The number of benzene rings is 2. The molecule has 4 rings (SSSR count). The van der Waals surface area contributed by atoms with Crippen LogP contribution >= 0.6 is 0 Å². The van der Waals surface area contributed by atoms with Crippen LogP contribution in [0.3, 0.4) is 0 Å². The molecule has 0 unspecified atom stereocenters. The molecule has 2 aromatic carbocycles. The van der Waals surface area contributed by atoms with Crippen molar-refractivity contribution in [3.05, 3.63) is 48.0 Å². The number of hydrogen-bond donors (Lipinski definition) is 2. The topological polar surface area (TPSA) is 79.9 Å². The molecule has 0 spiro atoms. The van der Waals surface area contributed by atoms with E-state index in [9.17, 15) is 9.59 Å². The van der Waals surface area contributed by atoms with Crippen molar-refractivity contribution in [3.8, 4) is 11.5 Å². The van der Waals surface area contributed by atoms with Crippen molar-refractivity contribution in [2.45, 2.75) is 19.4 Å². The molecule has 27 heavy (non-hydrogen) atoms. The van der Waals surface area contributed by atoms with E-state index in [1.165, 1.54) is 0 Å². The van der Waals surface area contributed by atoms with E-state index in [-0.39, 0.29) is 24.4 Å². The molecule has 0 aromatic heterocycles. The van der Waals surface area contributed by atoms with Gasteiger partial charge in [0.25, 0.3) is 0 Å². The third kappa shape index (κ3) is 3.81. The van der Waals surface area contributed by atoms with E-state index in [2.05, 4.69) is 10.6 Å². The fourth-order valence-corrected chi connectivity index (χ4v) is 3.33. The Morgan fingerprint density at radius 3 is 2.74 bits per heavy atom. The molecule has 140 valence electrons. The third-order valence-electron chi connectivity index (χ3n) is 4.57. The van der Waals surface area contributed by atoms with Crippen LogP contribution in [0.15, 0.2) is 42.5 Å². The second-order valence-corrected chi connectivity index (χ2v) is 6.70. The molecule has 2 aromatic rings. The molecule has 0 saturated carbocycles. The molecule has 7 heteroatoms. The highest BCUT2D eigenvalue weighted by molar-refractivity contribution is 5.98. The molecule has 1 atom stereocenters. The van der Waals surface area contributed by atoms with Crippen LogP contribution in [-0.4, -0.2) is 37.7 Å². The Hall–Kier alpha value is -3.22. The lowest BCUT2D eigenvalue weighted by molar-refractivity contribution is -0.117. The first-order valence-electron chi connectivity index (χ1n) is 8.93. The van der Waals surface area contributed by atoms with Crippen molar-refractivity contribution in [2.24, 2.45) is 0 Å². The Labute approximate surface area is 157 Å². The maximum atomic E-state index is 12.4. The molecule has 2 aliphatic heterocycles. The predicted molar refractivity (Wildman–Crippen MR) is 102 cm³/mol. The number of rotatable bonds is 3. The molecular weight excluding hydrogens is 346 g/mol. The van der Waals surface area contributed by atoms with Gasteiger partial charge in [0.05, 0.1) is 6.04 Å². The van der Waals surface area contributed by atoms with Crippen LogP contribution in [-0.2, 0) is 4.79 Å². The van der Waals surface area contributed by atoms with E-state index in [0.29, 0.717) is 31.3 Å². The van der Waals surface area contributed by atoms with Crippen molar-refractivity contribution in [3.63, 3.8) is 0 Å². The van der Waals surface area contributed by atoms with Crippen LogP contribution < -0.4 is 25.0 Å². The third-order valence-corrected chi connectivity index (χ3v) is 4.57. The molecule has 0 aliphatic carbocycles. The molecular formula is C20H21N3O4. The van der Waals surface area contributed by atoms with Crippen LogP contribution in [0.25, 0.3) is 0 Å². The summed E-state index contributed by atoms with van der Waals surface area (Å²) in [6.45, 7) is 3.40. The summed E-state index contributed by atoms with van der Waals surface area (Å²) in [5, 5.41) is 5.67. The number of nitrogens with one attached hydrogen (secondary N) is 2. The molecule has 0 radical (unpaired) electrons. The number of carbonyl (C=O) groups is 2. The van der Waals surface area contributed by atoms with Gasteiger partial charge < -0.3 is 25.0 Å². The van der Waals surface area contributed by atoms with Crippen molar-refractivity contribution >= 4 is 23.3 Å². The van der Waals surface area contributed by atoms with Gasteiger partial charge in [-0.1, -0.05) is 12.1 Å². The van der Waals surface area contributed by atoms with Crippen LogP contribution in [0, 0.1) is 6.92 Å². The number of aryl methyl sites for hydroxylation is 1. The van der Waals surface area contributed by atoms with Gasteiger partial charge in [0.2, 0.25) is 5.91 Å². The first-order valence-corrected chi connectivity index (χ1v) is 8.93. The van der Waals surface area contributed by atoms with Gasteiger partial charge in [0, 0.05) is 30.4 Å². The molecule has 2 N–H and O–H groups in total. The normalized spacial score (nSPS) is 18.3. The average Bonchev–Trinajstić information content (AvgIpc) is 3.01. The average molecular weight is 367 g/mol. The van der Waals surface area contributed by atoms with E-state index in [1.54, 1.807) is 4.90 Å². The highest BCUT2D eigenvalue weighted by Gasteiger charge is 2.32. The molecule has 2 heterocycles. The quantitative estimate of drug-likeness (QED) is 0.874. The summed E-state index contributed by atoms with van der Waals surface area (Å²) in [6.07, 6.45) is 0.260. The summed E-state index contributed by atoms with van der Waals surface area (Å²) < 4.78 is 11.1. The summed E-state index contributed by atoms with van der Waals surface area (Å²) in [5.41, 5.74) is 2.53. The highest BCUT2D eigenvalue weighted by Crippen LogP contribution is 2.35. The van der Waals surface area contributed by atoms with Gasteiger partial charge in [0.15, 0.2) is 11.5 Å². The number of urea groups is 1. The second kappa shape index (κ2) is 7.19. The number of ether oxygens (including phenoxy) is 2. The smallest absolute Gasteiger partial charge is 0.319 e. The standard InChI is InChI=1S/C20H21N3O4/c1-13-3-2-4-14(9-13)21-20(25)22-15-10-19(24)23(12-15)16-5-6-17-18(11-16)27-8-7-26-17/h2-6,9,11,15H,7-8,10,12H2,1H3,(H2,21,22,25)/t15-/m1/s1. The number of carbonyl (C=O) groups excluding carboxylic acids is 2. The first kappa shape index (κ1) is 17.2. The van der Waals surface area contributed by atoms with E-state index < -0.39 is 0 Å². The Bertz CT molecular complexity index is 883. The summed E-state index contributed by atoms with van der Waals surface area (Å²) in [7, 11) is 0. The van der Waals surface area contributed by atoms with E-state index in [4.69, 9.17) is 9.47 Å². The summed E-state index contributed by atoms with van der Waals surface area (Å²) in [4.78, 5) is 26.3. The zero-order chi connectivity index (χ0) is 18.8. The van der Waals surface area contributed by atoms with Crippen molar-refractivity contribution < 1.29 is 19.1 Å². The minimum Gasteiger partial charge on any atom is -0.486 e. The fourth-order valence-electron chi connectivity index (χ4n) is 3.33. The Kier molecular flexibility index (Phi) is 4.58. The molecule has 3 amide bonds. The number of nitrogens with zero attached hydrogens (tertiary/aromatic N) is 1. The number of amides is 3. The zero-order valence-electron chi connectivity index (χ0n) is 15.0. The molecule has 0 bridgehead atoms. The maximum Gasteiger partial charge on any atom is 0.319 e. The van der Waals surface area contributed by atoms with Gasteiger partial charge in [-0.2, -0.15) is 0 Å². The highest BCUT2D eigenvalue weighted by atomic mass is 16.6. The largest absolute Gasteiger partial charge is 0.486 e. The van der Waals surface area contributed by atoms with Gasteiger partial charge >= 0.3 is 6.03 Å². The van der Waals surface area contributed by atoms with Crippen LogP contribution in [0.1, 0.15) is 12.0 Å². The van der Waals surface area contributed by atoms with Gasteiger partial charge in [0.1, 0.15) is 13.2 Å². The van der Waals surface area contributed by atoms with Gasteiger partial charge in [-0.15, -0.1) is 0 Å². The number of hydrogen-bond acceptors (Lipinski definition) is 4.